The van der Waals surface area contributed by atoms with E-state index in [2.05, 4.69) is 27.7 Å². The second-order valence-corrected chi connectivity index (χ2v) is 8.30. The van der Waals surface area contributed by atoms with Gasteiger partial charge in [-0.3, -0.25) is 14.5 Å². The smallest absolute Gasteiger partial charge is 0.234 e. The Labute approximate surface area is 166 Å². The number of thioether (sulfide) groups is 1. The number of carbonyl (C=O) groups excluding carboxylic acids is 2. The lowest BCUT2D eigenvalue weighted by Gasteiger charge is -2.34. The van der Waals surface area contributed by atoms with Crippen molar-refractivity contribution in [2.24, 2.45) is 0 Å². The first-order chi connectivity index (χ1) is 13.1. The maximum absolute atomic E-state index is 12.8. The highest BCUT2D eigenvalue weighted by Gasteiger charge is 2.21. The second-order valence-electron chi connectivity index (χ2n) is 6.28. The van der Waals surface area contributed by atoms with Crippen molar-refractivity contribution in [3.8, 4) is 0 Å². The molecule has 27 heavy (non-hydrogen) atoms. The van der Waals surface area contributed by atoms with Crippen LogP contribution in [0.5, 0.6) is 0 Å². The van der Waals surface area contributed by atoms with Crippen molar-refractivity contribution in [2.45, 2.75) is 6.54 Å². The molecule has 2 amide bonds. The minimum absolute atomic E-state index is 0.0744. The molecule has 5 nitrogen and oxygen atoms in total. The summed E-state index contributed by atoms with van der Waals surface area (Å²) in [6.45, 7) is 4.15. The summed E-state index contributed by atoms with van der Waals surface area (Å²) in [5, 5.41) is 4.77. The van der Waals surface area contributed by atoms with Crippen LogP contribution in [0.25, 0.3) is 0 Å². The van der Waals surface area contributed by atoms with Gasteiger partial charge in [-0.2, -0.15) is 0 Å². The van der Waals surface area contributed by atoms with Crippen molar-refractivity contribution < 1.29 is 14.0 Å². The molecule has 0 saturated carbocycles. The normalized spacial score (nSPS) is 14.9. The summed E-state index contributed by atoms with van der Waals surface area (Å²) in [5.74, 6) is 0.0254. The van der Waals surface area contributed by atoms with Crippen LogP contribution in [-0.2, 0) is 16.1 Å². The lowest BCUT2D eigenvalue weighted by molar-refractivity contribution is -0.130. The van der Waals surface area contributed by atoms with Crippen LogP contribution in [0.4, 0.5) is 10.1 Å². The van der Waals surface area contributed by atoms with E-state index in [1.807, 2.05) is 4.90 Å². The fourth-order valence-corrected chi connectivity index (χ4v) is 4.29. The Balaban J connectivity index is 1.32. The van der Waals surface area contributed by atoms with Gasteiger partial charge < -0.3 is 10.2 Å². The number of carbonyl (C=O) groups is 2. The zero-order valence-electron chi connectivity index (χ0n) is 14.9. The van der Waals surface area contributed by atoms with E-state index in [-0.39, 0.29) is 23.4 Å². The minimum Gasteiger partial charge on any atom is -0.339 e. The van der Waals surface area contributed by atoms with Crippen molar-refractivity contribution in [1.82, 2.24) is 9.80 Å². The highest BCUT2D eigenvalue weighted by Crippen LogP contribution is 2.14. The topological polar surface area (TPSA) is 52.7 Å². The lowest BCUT2D eigenvalue weighted by atomic mass is 10.3. The molecule has 2 aromatic rings. The van der Waals surface area contributed by atoms with Gasteiger partial charge in [0.2, 0.25) is 11.8 Å². The maximum atomic E-state index is 12.8. The third kappa shape index (κ3) is 6.34. The molecule has 3 rings (SSSR count). The SMILES string of the molecule is O=C(CSCC(=O)N1CCN(Cc2cccs2)CC1)Nc1ccc(F)cc1. The molecule has 1 N–H and O–H groups in total. The van der Waals surface area contributed by atoms with Crippen molar-refractivity contribution in [1.29, 1.82) is 0 Å². The van der Waals surface area contributed by atoms with E-state index in [1.165, 1.54) is 40.9 Å². The van der Waals surface area contributed by atoms with Crippen molar-refractivity contribution >= 4 is 40.6 Å². The summed E-state index contributed by atoms with van der Waals surface area (Å²) in [6.07, 6.45) is 0. The molecule has 1 aliphatic rings. The monoisotopic (exact) mass is 407 g/mol. The molecule has 144 valence electrons. The van der Waals surface area contributed by atoms with Crippen molar-refractivity contribution in [3.63, 3.8) is 0 Å². The number of hydrogen-bond donors (Lipinski definition) is 1. The number of nitrogens with one attached hydrogen (secondary N) is 1. The predicted molar refractivity (Wildman–Crippen MR) is 109 cm³/mol. The number of halogens is 1. The highest BCUT2D eigenvalue weighted by atomic mass is 32.2. The van der Waals surface area contributed by atoms with E-state index in [0.29, 0.717) is 11.4 Å². The first-order valence-electron chi connectivity index (χ1n) is 8.76. The van der Waals surface area contributed by atoms with Gasteiger partial charge >= 0.3 is 0 Å². The molecule has 0 unspecified atom stereocenters. The lowest BCUT2D eigenvalue weighted by Crippen LogP contribution is -2.48. The van der Waals surface area contributed by atoms with Crippen LogP contribution < -0.4 is 5.32 Å². The summed E-state index contributed by atoms with van der Waals surface area (Å²) in [7, 11) is 0. The highest BCUT2D eigenvalue weighted by molar-refractivity contribution is 8.00. The van der Waals surface area contributed by atoms with Crippen LogP contribution in [0.15, 0.2) is 41.8 Å². The van der Waals surface area contributed by atoms with Crippen LogP contribution in [0, 0.1) is 5.82 Å². The van der Waals surface area contributed by atoms with Gasteiger partial charge in [-0.1, -0.05) is 6.07 Å². The molecule has 0 spiro atoms. The fraction of sp³-hybridized carbons (Fsp3) is 0.368. The summed E-state index contributed by atoms with van der Waals surface area (Å²) < 4.78 is 12.8. The zero-order chi connectivity index (χ0) is 19.1. The number of thiophene rings is 1. The number of piperazine rings is 1. The molecule has 2 heterocycles. The van der Waals surface area contributed by atoms with E-state index in [4.69, 9.17) is 0 Å². The van der Waals surface area contributed by atoms with Gasteiger partial charge in [-0.25, -0.2) is 4.39 Å². The number of benzene rings is 1. The number of hydrogen-bond acceptors (Lipinski definition) is 5. The third-order valence-corrected chi connectivity index (χ3v) is 6.05. The van der Waals surface area contributed by atoms with Gasteiger partial charge in [0.05, 0.1) is 11.5 Å². The Morgan fingerprint density at radius 2 is 1.81 bits per heavy atom. The summed E-state index contributed by atoms with van der Waals surface area (Å²) in [6, 6.07) is 9.81. The fourth-order valence-electron chi connectivity index (χ4n) is 2.83. The van der Waals surface area contributed by atoms with Gasteiger partial charge in [0.1, 0.15) is 5.82 Å². The van der Waals surface area contributed by atoms with E-state index in [1.54, 1.807) is 11.3 Å². The van der Waals surface area contributed by atoms with Gasteiger partial charge in [-0.15, -0.1) is 23.1 Å². The first kappa shape index (κ1) is 19.9. The molecule has 1 saturated heterocycles. The molecule has 1 aromatic carbocycles. The average molecular weight is 408 g/mol. The maximum Gasteiger partial charge on any atom is 0.234 e. The van der Waals surface area contributed by atoms with Crippen molar-refractivity contribution in [2.75, 3.05) is 43.0 Å². The van der Waals surface area contributed by atoms with E-state index in [9.17, 15) is 14.0 Å². The van der Waals surface area contributed by atoms with Crippen LogP contribution >= 0.6 is 23.1 Å². The average Bonchev–Trinajstić information content (AvgIpc) is 3.17. The Morgan fingerprint density at radius 3 is 2.48 bits per heavy atom. The van der Waals surface area contributed by atoms with Crippen LogP contribution in [-0.4, -0.2) is 59.3 Å². The van der Waals surface area contributed by atoms with Crippen LogP contribution in [0.1, 0.15) is 4.88 Å². The number of nitrogens with zero attached hydrogens (tertiary/aromatic N) is 2. The molecular weight excluding hydrogens is 385 g/mol. The Morgan fingerprint density at radius 1 is 1.07 bits per heavy atom. The van der Waals surface area contributed by atoms with Gasteiger partial charge in [0, 0.05) is 43.3 Å². The molecule has 0 bridgehead atoms. The summed E-state index contributed by atoms with van der Waals surface area (Å²) >= 11 is 3.06. The predicted octanol–water partition coefficient (Wildman–Crippen LogP) is 2.90. The molecule has 8 heteroatoms. The quantitative estimate of drug-likeness (QED) is 0.767. The van der Waals surface area contributed by atoms with Crippen molar-refractivity contribution in [3.05, 3.63) is 52.5 Å². The second kappa shape index (κ2) is 9.87. The summed E-state index contributed by atoms with van der Waals surface area (Å²) in [4.78, 5) is 29.8. The Hall–Kier alpha value is -1.90. The molecule has 1 aliphatic heterocycles. The van der Waals surface area contributed by atoms with E-state index >= 15 is 0 Å². The standard InChI is InChI=1S/C19H22FN3O2S2/c20-15-3-5-16(6-4-15)21-18(24)13-26-14-19(25)23-9-7-22(8-10-23)12-17-2-1-11-27-17/h1-6,11H,7-10,12-14H2,(H,21,24). The van der Waals surface area contributed by atoms with Gasteiger partial charge in [0.15, 0.2) is 0 Å². The molecule has 1 fully saturated rings. The summed E-state index contributed by atoms with van der Waals surface area (Å²) in [5.41, 5.74) is 0.551. The van der Waals surface area contributed by atoms with E-state index in [0.717, 1.165) is 32.7 Å². The first-order valence-corrected chi connectivity index (χ1v) is 10.8. The minimum atomic E-state index is -0.344. The Bertz CT molecular complexity index is 745. The molecule has 1 aromatic heterocycles. The third-order valence-electron chi connectivity index (χ3n) is 4.27. The molecule has 0 aliphatic carbocycles. The Kier molecular flexibility index (Phi) is 7.25. The van der Waals surface area contributed by atoms with Gasteiger partial charge in [0.25, 0.3) is 0 Å². The zero-order valence-corrected chi connectivity index (χ0v) is 16.5. The molecule has 0 radical (unpaired) electrons. The largest absolute Gasteiger partial charge is 0.339 e. The number of rotatable bonds is 7. The van der Waals surface area contributed by atoms with Gasteiger partial charge in [-0.05, 0) is 35.7 Å². The molecule has 0 atom stereocenters. The van der Waals surface area contributed by atoms with Crippen LogP contribution in [0.2, 0.25) is 0 Å². The van der Waals surface area contributed by atoms with Crippen LogP contribution in [0.3, 0.4) is 0 Å². The number of anilines is 1. The van der Waals surface area contributed by atoms with E-state index < -0.39 is 0 Å². The number of amides is 2. The molecular formula is C19H22FN3O2S2.